The molecule has 0 saturated carbocycles. The Bertz CT molecular complexity index is 637. The minimum atomic E-state index is -0.235. The normalized spacial score (nSPS) is 10.7. The second-order valence-electron chi connectivity index (χ2n) is 5.92. The van der Waals surface area contributed by atoms with Crippen LogP contribution in [0.2, 0.25) is 0 Å². The molecule has 0 aliphatic carbocycles. The topological polar surface area (TPSA) is 81.1 Å². The van der Waals surface area contributed by atoms with Gasteiger partial charge in [0.1, 0.15) is 12.1 Å². The van der Waals surface area contributed by atoms with Gasteiger partial charge in [-0.3, -0.25) is 0 Å². The lowest BCUT2D eigenvalue weighted by Gasteiger charge is -2.10. The van der Waals surface area contributed by atoms with Crippen LogP contribution in [-0.2, 0) is 19.6 Å². The van der Waals surface area contributed by atoms with Crippen molar-refractivity contribution in [3.63, 3.8) is 0 Å². The van der Waals surface area contributed by atoms with Crippen LogP contribution < -0.4 is 15.4 Å². The average Bonchev–Trinajstić information content (AvgIpc) is 3.04. The molecular formula is C17H25N5O2. The molecule has 2 rings (SSSR count). The van der Waals surface area contributed by atoms with Crippen LogP contribution in [0.3, 0.4) is 0 Å². The molecule has 0 aliphatic heterocycles. The SMILES string of the molecule is CCn1cnnc1CNC(=O)NCc1ccc(OCC(C)C)cc1. The highest BCUT2D eigenvalue weighted by Crippen LogP contribution is 2.13. The number of rotatable bonds is 8. The van der Waals surface area contributed by atoms with Crippen LogP contribution in [0, 0.1) is 5.92 Å². The second kappa shape index (κ2) is 8.90. The van der Waals surface area contributed by atoms with Gasteiger partial charge in [0.25, 0.3) is 0 Å². The number of nitrogens with one attached hydrogen (secondary N) is 2. The van der Waals surface area contributed by atoms with Crippen LogP contribution in [0.5, 0.6) is 5.75 Å². The Balaban J connectivity index is 1.73. The van der Waals surface area contributed by atoms with Gasteiger partial charge in [-0.1, -0.05) is 26.0 Å². The van der Waals surface area contributed by atoms with Crippen LogP contribution in [-0.4, -0.2) is 27.4 Å². The molecule has 0 unspecified atom stereocenters. The van der Waals surface area contributed by atoms with Gasteiger partial charge < -0.3 is 19.9 Å². The molecule has 1 heterocycles. The van der Waals surface area contributed by atoms with Gasteiger partial charge in [0.15, 0.2) is 5.82 Å². The molecule has 2 N–H and O–H groups in total. The molecule has 7 heteroatoms. The van der Waals surface area contributed by atoms with Crippen LogP contribution >= 0.6 is 0 Å². The minimum absolute atomic E-state index is 0.235. The van der Waals surface area contributed by atoms with Gasteiger partial charge >= 0.3 is 6.03 Å². The molecule has 7 nitrogen and oxygen atoms in total. The monoisotopic (exact) mass is 331 g/mol. The largest absolute Gasteiger partial charge is 0.493 e. The summed E-state index contributed by atoms with van der Waals surface area (Å²) in [6.07, 6.45) is 1.65. The summed E-state index contributed by atoms with van der Waals surface area (Å²) in [5.74, 6) is 2.07. The summed E-state index contributed by atoms with van der Waals surface area (Å²) in [5, 5.41) is 13.4. The average molecular weight is 331 g/mol. The van der Waals surface area contributed by atoms with E-state index in [4.69, 9.17) is 4.74 Å². The molecule has 1 aromatic carbocycles. The highest BCUT2D eigenvalue weighted by atomic mass is 16.5. The number of hydrogen-bond acceptors (Lipinski definition) is 4. The van der Waals surface area contributed by atoms with Crippen molar-refractivity contribution in [3.8, 4) is 5.75 Å². The number of aromatic nitrogens is 3. The Labute approximate surface area is 142 Å². The van der Waals surface area contributed by atoms with E-state index in [2.05, 4.69) is 34.7 Å². The van der Waals surface area contributed by atoms with Crippen molar-refractivity contribution < 1.29 is 9.53 Å². The molecule has 0 spiro atoms. The van der Waals surface area contributed by atoms with E-state index < -0.39 is 0 Å². The van der Waals surface area contributed by atoms with Gasteiger partial charge in [-0.15, -0.1) is 10.2 Å². The fraction of sp³-hybridized carbons (Fsp3) is 0.471. The number of nitrogens with zero attached hydrogens (tertiary/aromatic N) is 3. The molecule has 2 amide bonds. The van der Waals surface area contributed by atoms with Gasteiger partial charge in [-0.05, 0) is 30.5 Å². The van der Waals surface area contributed by atoms with Gasteiger partial charge in [0.05, 0.1) is 13.2 Å². The number of ether oxygens (including phenoxy) is 1. The van der Waals surface area contributed by atoms with Crippen LogP contribution in [0.15, 0.2) is 30.6 Å². The Hall–Kier alpha value is -2.57. The van der Waals surface area contributed by atoms with Gasteiger partial charge in [0.2, 0.25) is 0 Å². The maximum absolute atomic E-state index is 11.9. The first-order valence-electron chi connectivity index (χ1n) is 8.18. The van der Waals surface area contributed by atoms with Crippen molar-refractivity contribution in [1.82, 2.24) is 25.4 Å². The number of carbonyl (C=O) groups excluding carboxylic acids is 1. The van der Waals surface area contributed by atoms with E-state index in [1.54, 1.807) is 6.33 Å². The fourth-order valence-corrected chi connectivity index (χ4v) is 2.05. The number of amides is 2. The highest BCUT2D eigenvalue weighted by Gasteiger charge is 2.05. The van der Waals surface area contributed by atoms with Crippen molar-refractivity contribution in [3.05, 3.63) is 42.0 Å². The first kappa shape index (κ1) is 17.8. The van der Waals surface area contributed by atoms with E-state index in [0.717, 1.165) is 23.7 Å². The molecular weight excluding hydrogens is 306 g/mol. The van der Waals surface area contributed by atoms with Crippen LogP contribution in [0.4, 0.5) is 4.79 Å². The van der Waals surface area contributed by atoms with E-state index in [9.17, 15) is 4.79 Å². The number of carbonyl (C=O) groups is 1. The highest BCUT2D eigenvalue weighted by molar-refractivity contribution is 5.73. The van der Waals surface area contributed by atoms with Crippen LogP contribution in [0.1, 0.15) is 32.2 Å². The molecule has 0 fully saturated rings. The lowest BCUT2D eigenvalue weighted by atomic mass is 10.2. The number of urea groups is 1. The van der Waals surface area contributed by atoms with E-state index >= 15 is 0 Å². The van der Waals surface area contributed by atoms with E-state index in [1.807, 2.05) is 35.8 Å². The lowest BCUT2D eigenvalue weighted by Crippen LogP contribution is -2.35. The predicted molar refractivity (Wildman–Crippen MR) is 91.5 cm³/mol. The van der Waals surface area contributed by atoms with E-state index in [0.29, 0.717) is 25.6 Å². The lowest BCUT2D eigenvalue weighted by molar-refractivity contribution is 0.239. The first-order chi connectivity index (χ1) is 11.6. The van der Waals surface area contributed by atoms with Gasteiger partial charge in [-0.25, -0.2) is 4.79 Å². The van der Waals surface area contributed by atoms with E-state index in [-0.39, 0.29) is 6.03 Å². The molecule has 1 aromatic heterocycles. The van der Waals surface area contributed by atoms with Crippen molar-refractivity contribution in [2.75, 3.05) is 6.61 Å². The number of hydrogen-bond donors (Lipinski definition) is 2. The van der Waals surface area contributed by atoms with Gasteiger partial charge in [-0.2, -0.15) is 0 Å². The summed E-state index contributed by atoms with van der Waals surface area (Å²) in [6.45, 7) is 8.50. The Morgan fingerprint density at radius 1 is 1.21 bits per heavy atom. The summed E-state index contributed by atoms with van der Waals surface area (Å²) >= 11 is 0. The Morgan fingerprint density at radius 3 is 2.58 bits per heavy atom. The maximum Gasteiger partial charge on any atom is 0.315 e. The van der Waals surface area contributed by atoms with Crippen molar-refractivity contribution in [1.29, 1.82) is 0 Å². The first-order valence-corrected chi connectivity index (χ1v) is 8.18. The minimum Gasteiger partial charge on any atom is -0.493 e. The molecule has 0 radical (unpaired) electrons. The van der Waals surface area contributed by atoms with Crippen LogP contribution in [0.25, 0.3) is 0 Å². The van der Waals surface area contributed by atoms with E-state index in [1.165, 1.54) is 0 Å². The standard InChI is InChI=1S/C17H25N5O2/c1-4-22-12-20-21-16(22)10-19-17(23)18-9-14-5-7-15(8-6-14)24-11-13(2)3/h5-8,12-13H,4,9-11H2,1-3H3,(H2,18,19,23). The zero-order chi connectivity index (χ0) is 17.4. The smallest absolute Gasteiger partial charge is 0.315 e. The van der Waals surface area contributed by atoms with Crippen molar-refractivity contribution in [2.45, 2.75) is 40.4 Å². The summed E-state index contributed by atoms with van der Waals surface area (Å²) in [7, 11) is 0. The van der Waals surface area contributed by atoms with Gasteiger partial charge in [0, 0.05) is 13.1 Å². The third kappa shape index (κ3) is 5.57. The fourth-order valence-electron chi connectivity index (χ4n) is 2.05. The summed E-state index contributed by atoms with van der Waals surface area (Å²) in [6, 6.07) is 7.50. The quantitative estimate of drug-likeness (QED) is 0.778. The zero-order valence-corrected chi connectivity index (χ0v) is 14.5. The molecule has 0 atom stereocenters. The Morgan fingerprint density at radius 2 is 1.92 bits per heavy atom. The maximum atomic E-state index is 11.9. The molecule has 0 saturated heterocycles. The molecule has 130 valence electrons. The molecule has 0 aliphatic rings. The zero-order valence-electron chi connectivity index (χ0n) is 14.5. The third-order valence-electron chi connectivity index (χ3n) is 3.40. The summed E-state index contributed by atoms with van der Waals surface area (Å²) < 4.78 is 7.52. The summed E-state index contributed by atoms with van der Waals surface area (Å²) in [5.41, 5.74) is 1.01. The Kier molecular flexibility index (Phi) is 6.60. The van der Waals surface area contributed by atoms with Crippen molar-refractivity contribution >= 4 is 6.03 Å². The van der Waals surface area contributed by atoms with Crippen molar-refractivity contribution in [2.24, 2.45) is 5.92 Å². The second-order valence-corrected chi connectivity index (χ2v) is 5.92. The summed E-state index contributed by atoms with van der Waals surface area (Å²) in [4.78, 5) is 11.9. The molecule has 24 heavy (non-hydrogen) atoms. The number of aryl methyl sites for hydroxylation is 1. The third-order valence-corrected chi connectivity index (χ3v) is 3.40. The molecule has 2 aromatic rings. The molecule has 0 bridgehead atoms. The predicted octanol–water partition coefficient (Wildman–Crippen LogP) is 2.33. The number of benzene rings is 1.